The van der Waals surface area contributed by atoms with Gasteiger partial charge in [0.25, 0.3) is 0 Å². The minimum atomic E-state index is -3.72. The quantitative estimate of drug-likeness (QED) is 0.678. The molecule has 0 heterocycles. The van der Waals surface area contributed by atoms with Crippen LogP contribution >= 0.6 is 0 Å². The molecule has 1 atom stereocenters. The van der Waals surface area contributed by atoms with E-state index in [2.05, 4.69) is 5.32 Å². The molecule has 1 unspecified atom stereocenters. The van der Waals surface area contributed by atoms with Crippen molar-refractivity contribution in [3.05, 3.63) is 29.8 Å². The third-order valence-electron chi connectivity index (χ3n) is 2.84. The Kier molecular flexibility index (Phi) is 5.46. The Morgan fingerprint density at radius 3 is 2.63 bits per heavy atom. The van der Waals surface area contributed by atoms with Gasteiger partial charge in [-0.25, -0.2) is 13.6 Å². The lowest BCUT2D eigenvalue weighted by molar-refractivity contribution is -0.124. The highest BCUT2D eigenvalue weighted by molar-refractivity contribution is 7.89. The number of benzene rings is 1. The van der Waals surface area contributed by atoms with Crippen LogP contribution in [0.1, 0.15) is 18.9 Å². The number of carbonyl (C=O) groups excluding carboxylic acids is 1. The van der Waals surface area contributed by atoms with E-state index in [9.17, 15) is 13.2 Å². The molecule has 0 fully saturated rings. The fraction of sp³-hybridized carbons (Fsp3) is 0.417. The summed E-state index contributed by atoms with van der Waals surface area (Å²) in [7, 11) is -3.72. The number of hydrogen-bond donors (Lipinski definition) is 3. The van der Waals surface area contributed by atoms with E-state index in [4.69, 9.17) is 10.9 Å². The molecule has 0 saturated carbocycles. The number of sulfonamides is 1. The Hall–Kier alpha value is -1.44. The molecule has 5 N–H and O–H groups in total. The second-order valence-electron chi connectivity index (χ2n) is 4.25. The third kappa shape index (κ3) is 4.62. The molecule has 0 aromatic heterocycles. The first kappa shape index (κ1) is 15.6. The van der Waals surface area contributed by atoms with Crippen LogP contribution in [-0.2, 0) is 21.4 Å². The molecule has 0 aliphatic heterocycles. The predicted molar refractivity (Wildman–Crippen MR) is 72.5 cm³/mol. The number of primary sulfonamides is 1. The lowest BCUT2D eigenvalue weighted by Crippen LogP contribution is -2.34. The summed E-state index contributed by atoms with van der Waals surface area (Å²) < 4.78 is 22.4. The van der Waals surface area contributed by atoms with Gasteiger partial charge in [-0.15, -0.1) is 0 Å². The molecule has 0 bridgehead atoms. The summed E-state index contributed by atoms with van der Waals surface area (Å²) in [4.78, 5) is 11.8. The molecule has 1 rings (SSSR count). The van der Waals surface area contributed by atoms with E-state index in [0.717, 1.165) is 0 Å². The summed E-state index contributed by atoms with van der Waals surface area (Å²) in [5.41, 5.74) is 6.15. The number of nitrogens with one attached hydrogen (secondary N) is 1. The normalized spacial score (nSPS) is 13.0. The van der Waals surface area contributed by atoms with Crippen molar-refractivity contribution in [3.63, 3.8) is 0 Å². The summed E-state index contributed by atoms with van der Waals surface area (Å²) in [6, 6.07) is 6.16. The van der Waals surface area contributed by atoms with Gasteiger partial charge in [-0.2, -0.15) is 0 Å². The Morgan fingerprint density at radius 1 is 1.42 bits per heavy atom. The van der Waals surface area contributed by atoms with Crippen molar-refractivity contribution in [1.82, 2.24) is 5.32 Å². The van der Waals surface area contributed by atoms with Crippen LogP contribution in [0.2, 0.25) is 0 Å². The van der Waals surface area contributed by atoms with Gasteiger partial charge in [0.05, 0.1) is 4.90 Å². The van der Waals surface area contributed by atoms with Crippen molar-refractivity contribution in [2.75, 3.05) is 6.54 Å². The van der Waals surface area contributed by atoms with Crippen LogP contribution in [0.15, 0.2) is 29.2 Å². The van der Waals surface area contributed by atoms with E-state index in [1.807, 2.05) is 6.92 Å². The Labute approximate surface area is 113 Å². The third-order valence-corrected chi connectivity index (χ3v) is 3.75. The van der Waals surface area contributed by atoms with Crippen LogP contribution in [0.3, 0.4) is 0 Å². The van der Waals surface area contributed by atoms with E-state index >= 15 is 0 Å². The number of hydrogen-bond acceptors (Lipinski definition) is 4. The van der Waals surface area contributed by atoms with Crippen molar-refractivity contribution in [3.8, 4) is 0 Å². The molecule has 6 nitrogen and oxygen atoms in total. The van der Waals surface area contributed by atoms with Gasteiger partial charge in [0.15, 0.2) is 0 Å². The van der Waals surface area contributed by atoms with Gasteiger partial charge in [-0.05, 0) is 24.1 Å². The lowest BCUT2D eigenvalue weighted by Gasteiger charge is -2.12. The molecular weight excluding hydrogens is 266 g/mol. The van der Waals surface area contributed by atoms with Gasteiger partial charge in [0, 0.05) is 19.0 Å². The molecule has 106 valence electrons. The highest BCUT2D eigenvalue weighted by atomic mass is 32.2. The molecule has 1 amide bonds. The number of amides is 1. The zero-order valence-corrected chi connectivity index (χ0v) is 11.6. The molecule has 0 spiro atoms. The Morgan fingerprint density at radius 2 is 2.11 bits per heavy atom. The van der Waals surface area contributed by atoms with Crippen LogP contribution in [0.4, 0.5) is 0 Å². The first-order valence-corrected chi connectivity index (χ1v) is 7.52. The van der Waals surface area contributed by atoms with Gasteiger partial charge in [-0.3, -0.25) is 4.79 Å². The summed E-state index contributed by atoms with van der Waals surface area (Å²) in [6.45, 7) is 2.43. The summed E-state index contributed by atoms with van der Waals surface area (Å²) in [6.07, 6.45) is 0.666. The minimum Gasteiger partial charge on any atom is -0.352 e. The first-order chi connectivity index (χ1) is 8.88. The molecule has 1 aromatic carbocycles. The average Bonchev–Trinajstić information content (AvgIpc) is 2.37. The topological polar surface area (TPSA) is 115 Å². The maximum absolute atomic E-state index is 11.7. The van der Waals surface area contributed by atoms with E-state index in [1.54, 1.807) is 12.1 Å². The van der Waals surface area contributed by atoms with Crippen molar-refractivity contribution < 1.29 is 13.2 Å². The number of nitrogens with two attached hydrogens (primary N) is 2. The van der Waals surface area contributed by atoms with Gasteiger partial charge in [-0.1, -0.05) is 19.1 Å². The second-order valence-corrected chi connectivity index (χ2v) is 5.81. The van der Waals surface area contributed by atoms with Gasteiger partial charge >= 0.3 is 0 Å². The van der Waals surface area contributed by atoms with Crippen LogP contribution in [0.25, 0.3) is 0 Å². The molecule has 0 aliphatic rings. The van der Waals surface area contributed by atoms with Crippen LogP contribution in [-0.4, -0.2) is 20.9 Å². The molecule has 0 aliphatic carbocycles. The largest absolute Gasteiger partial charge is 0.352 e. The van der Waals surface area contributed by atoms with Crippen LogP contribution in [0.5, 0.6) is 0 Å². The highest BCUT2D eigenvalue weighted by Crippen LogP contribution is 2.10. The summed E-state index contributed by atoms with van der Waals surface area (Å²) in [5, 5.41) is 7.77. The maximum atomic E-state index is 11.7. The number of rotatable bonds is 6. The number of carbonyl (C=O) groups is 1. The Balaban J connectivity index is 2.71. The van der Waals surface area contributed by atoms with Gasteiger partial charge in [0.2, 0.25) is 15.9 Å². The second kappa shape index (κ2) is 6.65. The van der Waals surface area contributed by atoms with Crippen molar-refractivity contribution in [2.45, 2.75) is 24.8 Å². The maximum Gasteiger partial charge on any atom is 0.238 e. The first-order valence-electron chi connectivity index (χ1n) is 5.98. The molecule has 1 aromatic rings. The van der Waals surface area contributed by atoms with Crippen LogP contribution < -0.4 is 16.2 Å². The van der Waals surface area contributed by atoms with Gasteiger partial charge < -0.3 is 11.1 Å². The van der Waals surface area contributed by atoms with Crippen molar-refractivity contribution in [1.29, 1.82) is 0 Å². The minimum absolute atomic E-state index is 0.0325. The van der Waals surface area contributed by atoms with Crippen molar-refractivity contribution >= 4 is 15.9 Å². The van der Waals surface area contributed by atoms with E-state index in [1.165, 1.54) is 12.1 Å². The molecule has 0 saturated heterocycles. The molecule has 7 heteroatoms. The zero-order valence-electron chi connectivity index (χ0n) is 10.8. The monoisotopic (exact) mass is 285 g/mol. The highest BCUT2D eigenvalue weighted by Gasteiger charge is 2.14. The Bertz CT molecular complexity index is 539. The van der Waals surface area contributed by atoms with Crippen LogP contribution in [0, 0.1) is 5.92 Å². The van der Waals surface area contributed by atoms with E-state index < -0.39 is 10.0 Å². The predicted octanol–water partition coefficient (Wildman–Crippen LogP) is -0.0649. The standard InChI is InChI=1S/C12H19N3O3S/c1-2-10(7-13)12(16)15-8-9-4-3-5-11(6-9)19(14,17)18/h3-6,10H,2,7-8,13H2,1H3,(H,15,16)(H2,14,17,18). The molecule has 0 radical (unpaired) electrons. The van der Waals surface area contributed by atoms with Gasteiger partial charge in [0.1, 0.15) is 0 Å². The molecule has 19 heavy (non-hydrogen) atoms. The van der Waals surface area contributed by atoms with E-state index in [0.29, 0.717) is 18.5 Å². The fourth-order valence-corrected chi connectivity index (χ4v) is 2.21. The zero-order chi connectivity index (χ0) is 14.5. The smallest absolute Gasteiger partial charge is 0.238 e. The SMILES string of the molecule is CCC(CN)C(=O)NCc1cccc(S(N)(=O)=O)c1. The molecular formula is C12H19N3O3S. The summed E-state index contributed by atoms with van der Waals surface area (Å²) in [5.74, 6) is -0.354. The lowest BCUT2D eigenvalue weighted by atomic mass is 10.1. The fourth-order valence-electron chi connectivity index (χ4n) is 1.63. The summed E-state index contributed by atoms with van der Waals surface area (Å²) >= 11 is 0. The average molecular weight is 285 g/mol. The van der Waals surface area contributed by atoms with E-state index in [-0.39, 0.29) is 23.3 Å². The van der Waals surface area contributed by atoms with Crippen molar-refractivity contribution in [2.24, 2.45) is 16.8 Å².